The van der Waals surface area contributed by atoms with Gasteiger partial charge in [-0.05, 0) is 18.2 Å². The molecule has 1 N–H and O–H groups in total. The van der Waals surface area contributed by atoms with Crippen molar-refractivity contribution in [2.75, 3.05) is 44.7 Å². The molecule has 21 heavy (non-hydrogen) atoms. The van der Waals surface area contributed by atoms with Gasteiger partial charge in [-0.15, -0.1) is 13.2 Å². The van der Waals surface area contributed by atoms with E-state index in [-0.39, 0.29) is 5.75 Å². The van der Waals surface area contributed by atoms with Gasteiger partial charge in [-0.25, -0.2) is 0 Å². The number of anilines is 1. The minimum Gasteiger partial charge on any atom is -0.404 e. The summed E-state index contributed by atoms with van der Waals surface area (Å²) < 4.78 is 46.9. The molecule has 0 radical (unpaired) electrons. The third kappa shape index (κ3) is 5.72. The number of alkyl halides is 3. The fourth-order valence-electron chi connectivity index (χ4n) is 2.02. The molecule has 0 aliphatic carbocycles. The van der Waals surface area contributed by atoms with Crippen LogP contribution in [0, 0.1) is 0 Å². The van der Waals surface area contributed by atoms with Crippen molar-refractivity contribution < 1.29 is 22.6 Å². The van der Waals surface area contributed by atoms with Gasteiger partial charge in [0.1, 0.15) is 0 Å². The van der Waals surface area contributed by atoms with E-state index in [1.807, 2.05) is 0 Å². The summed E-state index contributed by atoms with van der Waals surface area (Å²) in [5.41, 5.74) is 0.323. The number of halogens is 4. The highest BCUT2D eigenvalue weighted by atomic mass is 79.9. The Balaban J connectivity index is 1.92. The van der Waals surface area contributed by atoms with Crippen molar-refractivity contribution in [1.29, 1.82) is 0 Å². The molecule has 1 heterocycles. The second kappa shape index (κ2) is 7.33. The van der Waals surface area contributed by atoms with E-state index in [1.54, 1.807) is 12.1 Å². The summed E-state index contributed by atoms with van der Waals surface area (Å²) in [6.07, 6.45) is -4.71. The Morgan fingerprint density at radius 1 is 1.29 bits per heavy atom. The normalized spacial score (nSPS) is 16.8. The fraction of sp³-hybridized carbons (Fsp3) is 0.538. The molecule has 0 unspecified atom stereocenters. The number of ether oxygens (including phenoxy) is 2. The summed E-state index contributed by atoms with van der Waals surface area (Å²) in [5.74, 6) is -0.237. The molecular weight excluding hydrogens is 353 g/mol. The molecule has 0 amide bonds. The summed E-state index contributed by atoms with van der Waals surface area (Å²) >= 11 is 3.14. The van der Waals surface area contributed by atoms with E-state index in [9.17, 15) is 13.2 Å². The van der Waals surface area contributed by atoms with Crippen LogP contribution in [0.25, 0.3) is 0 Å². The zero-order valence-electron chi connectivity index (χ0n) is 11.3. The first-order valence-corrected chi connectivity index (χ1v) is 7.32. The van der Waals surface area contributed by atoms with E-state index in [2.05, 4.69) is 30.9 Å². The van der Waals surface area contributed by atoms with Crippen LogP contribution in [-0.2, 0) is 4.74 Å². The van der Waals surface area contributed by atoms with Crippen LogP contribution in [-0.4, -0.2) is 50.7 Å². The predicted molar refractivity (Wildman–Crippen MR) is 76.6 cm³/mol. The number of rotatable bonds is 5. The molecule has 1 aliphatic rings. The smallest absolute Gasteiger partial charge is 0.404 e. The van der Waals surface area contributed by atoms with Crippen molar-refractivity contribution in [3.05, 3.63) is 22.7 Å². The van der Waals surface area contributed by atoms with Gasteiger partial charge in [-0.3, -0.25) is 4.90 Å². The molecule has 0 atom stereocenters. The molecular formula is C13H16BrF3N2O2. The molecule has 0 saturated carbocycles. The highest BCUT2D eigenvalue weighted by molar-refractivity contribution is 9.10. The van der Waals surface area contributed by atoms with E-state index < -0.39 is 6.36 Å². The number of hydrogen-bond acceptors (Lipinski definition) is 4. The SMILES string of the molecule is FC(F)(F)Oc1cc(Br)ccc1NCCN1CCOCC1. The first kappa shape index (κ1) is 16.4. The molecule has 1 fully saturated rings. The van der Waals surface area contributed by atoms with Crippen LogP contribution in [0.3, 0.4) is 0 Å². The second-order valence-electron chi connectivity index (χ2n) is 4.57. The Hall–Kier alpha value is -0.990. The van der Waals surface area contributed by atoms with Crippen LogP contribution in [0.2, 0.25) is 0 Å². The quantitative estimate of drug-likeness (QED) is 0.865. The molecule has 2 rings (SSSR count). The molecule has 8 heteroatoms. The van der Waals surface area contributed by atoms with Gasteiger partial charge in [0, 0.05) is 30.7 Å². The standard InChI is InChI=1S/C13H16BrF3N2O2/c14-10-1-2-11(12(9-10)21-13(15,16)17)18-3-4-19-5-7-20-8-6-19/h1-2,9,18H,3-8H2. The van der Waals surface area contributed by atoms with Crippen LogP contribution < -0.4 is 10.1 Å². The Morgan fingerprint density at radius 2 is 2.00 bits per heavy atom. The number of morpholine rings is 1. The Labute approximate surface area is 129 Å². The minimum atomic E-state index is -4.71. The van der Waals surface area contributed by atoms with Gasteiger partial charge in [0.25, 0.3) is 0 Å². The van der Waals surface area contributed by atoms with E-state index in [1.165, 1.54) is 6.07 Å². The zero-order valence-corrected chi connectivity index (χ0v) is 12.8. The lowest BCUT2D eigenvalue weighted by atomic mass is 10.3. The molecule has 4 nitrogen and oxygen atoms in total. The van der Waals surface area contributed by atoms with Crippen molar-refractivity contribution in [1.82, 2.24) is 4.90 Å². The summed E-state index contributed by atoms with van der Waals surface area (Å²) in [6.45, 7) is 4.35. The number of nitrogens with one attached hydrogen (secondary N) is 1. The van der Waals surface area contributed by atoms with Crippen molar-refractivity contribution in [2.45, 2.75) is 6.36 Å². The average Bonchev–Trinajstić information content (AvgIpc) is 2.41. The zero-order chi connectivity index (χ0) is 15.3. The summed E-state index contributed by atoms with van der Waals surface area (Å²) in [4.78, 5) is 2.19. The molecule has 0 spiro atoms. The fourth-order valence-corrected chi connectivity index (χ4v) is 2.36. The maximum absolute atomic E-state index is 12.4. The largest absolute Gasteiger partial charge is 0.573 e. The molecule has 1 aromatic carbocycles. The Morgan fingerprint density at radius 3 is 2.67 bits per heavy atom. The van der Waals surface area contributed by atoms with Gasteiger partial charge in [0.15, 0.2) is 5.75 Å². The third-order valence-corrected chi connectivity index (χ3v) is 3.51. The van der Waals surface area contributed by atoms with Gasteiger partial charge in [-0.1, -0.05) is 15.9 Å². The van der Waals surface area contributed by atoms with Crippen LogP contribution in [0.15, 0.2) is 22.7 Å². The molecule has 0 aromatic heterocycles. The summed E-state index contributed by atoms with van der Waals surface area (Å²) in [5, 5.41) is 2.98. The van der Waals surface area contributed by atoms with Gasteiger partial charge in [0.2, 0.25) is 0 Å². The highest BCUT2D eigenvalue weighted by Crippen LogP contribution is 2.32. The molecule has 118 valence electrons. The highest BCUT2D eigenvalue weighted by Gasteiger charge is 2.32. The molecule has 1 saturated heterocycles. The molecule has 0 bridgehead atoms. The van der Waals surface area contributed by atoms with Crippen molar-refractivity contribution in [2.24, 2.45) is 0 Å². The predicted octanol–water partition coefficient (Wildman–Crippen LogP) is 3.09. The van der Waals surface area contributed by atoms with Crippen LogP contribution >= 0.6 is 15.9 Å². The third-order valence-electron chi connectivity index (χ3n) is 3.02. The van der Waals surface area contributed by atoms with Crippen LogP contribution in [0.4, 0.5) is 18.9 Å². The first-order valence-electron chi connectivity index (χ1n) is 6.53. The van der Waals surface area contributed by atoms with Gasteiger partial charge < -0.3 is 14.8 Å². The number of nitrogens with zero attached hydrogens (tertiary/aromatic N) is 1. The lowest BCUT2D eigenvalue weighted by Gasteiger charge is -2.26. The topological polar surface area (TPSA) is 33.7 Å². The molecule has 1 aliphatic heterocycles. The van der Waals surface area contributed by atoms with Gasteiger partial charge >= 0.3 is 6.36 Å². The lowest BCUT2D eigenvalue weighted by molar-refractivity contribution is -0.274. The lowest BCUT2D eigenvalue weighted by Crippen LogP contribution is -2.39. The summed E-state index contributed by atoms with van der Waals surface area (Å²) in [6, 6.07) is 4.52. The first-order chi connectivity index (χ1) is 9.94. The van der Waals surface area contributed by atoms with Crippen molar-refractivity contribution in [3.63, 3.8) is 0 Å². The van der Waals surface area contributed by atoms with Gasteiger partial charge in [-0.2, -0.15) is 0 Å². The number of benzene rings is 1. The molecule has 1 aromatic rings. The maximum atomic E-state index is 12.4. The van der Waals surface area contributed by atoms with E-state index >= 15 is 0 Å². The second-order valence-corrected chi connectivity index (χ2v) is 5.48. The van der Waals surface area contributed by atoms with E-state index in [4.69, 9.17) is 4.74 Å². The minimum absolute atomic E-state index is 0.237. The number of hydrogen-bond donors (Lipinski definition) is 1. The Bertz CT molecular complexity index is 465. The summed E-state index contributed by atoms with van der Waals surface area (Å²) in [7, 11) is 0. The van der Waals surface area contributed by atoms with E-state index in [0.717, 1.165) is 19.6 Å². The van der Waals surface area contributed by atoms with Gasteiger partial charge in [0.05, 0.1) is 18.9 Å². The van der Waals surface area contributed by atoms with E-state index in [0.29, 0.717) is 29.9 Å². The monoisotopic (exact) mass is 368 g/mol. The van der Waals surface area contributed by atoms with Crippen LogP contribution in [0.5, 0.6) is 5.75 Å². The average molecular weight is 369 g/mol. The van der Waals surface area contributed by atoms with Crippen molar-refractivity contribution in [3.8, 4) is 5.75 Å². The Kier molecular flexibility index (Phi) is 5.72. The van der Waals surface area contributed by atoms with Crippen molar-refractivity contribution >= 4 is 21.6 Å². The van der Waals surface area contributed by atoms with Crippen LogP contribution in [0.1, 0.15) is 0 Å². The maximum Gasteiger partial charge on any atom is 0.573 e.